The second kappa shape index (κ2) is 9.73. The number of benzene rings is 2. The number of unbranched alkanes of at least 4 members (excludes halogenated alkanes) is 1. The van der Waals surface area contributed by atoms with E-state index in [1.807, 2.05) is 0 Å². The van der Waals surface area contributed by atoms with Crippen LogP contribution in [0.25, 0.3) is 5.76 Å². The fourth-order valence-electron chi connectivity index (χ4n) is 3.80. The molecule has 0 saturated carbocycles. The highest BCUT2D eigenvalue weighted by molar-refractivity contribution is 6.46. The first-order valence-electron chi connectivity index (χ1n) is 10.8. The summed E-state index contributed by atoms with van der Waals surface area (Å²) >= 11 is 0. The summed E-state index contributed by atoms with van der Waals surface area (Å²) in [5.41, 5.74) is 0.821. The van der Waals surface area contributed by atoms with Crippen molar-refractivity contribution >= 4 is 17.4 Å². The smallest absolute Gasteiger partial charge is 0.296 e. The Hall–Kier alpha value is -3.87. The van der Waals surface area contributed by atoms with Crippen LogP contribution in [0.4, 0.5) is 4.39 Å². The van der Waals surface area contributed by atoms with Crippen LogP contribution in [-0.2, 0) is 16.1 Å². The monoisotopic (exact) mass is 449 g/mol. The molecular weight excluding hydrogens is 425 g/mol. The summed E-state index contributed by atoms with van der Waals surface area (Å²) in [6.07, 6.45) is 3.44. The lowest BCUT2D eigenvalue weighted by atomic mass is 9.95. The van der Waals surface area contributed by atoms with Crippen molar-refractivity contribution in [3.63, 3.8) is 0 Å². The molecule has 0 radical (unpaired) electrons. The standard InChI is InChI=1S/C26H24FNO5/c1-2-3-14-32-20-12-8-17(9-13-20)23-22(24(29)18-6-10-19(27)11-7-18)25(30)26(31)28(23)16-21-5-4-15-33-21/h4-13,15,23,29H,2-3,14,16H2,1H3/b24-22+. The van der Waals surface area contributed by atoms with Crippen molar-refractivity contribution in [1.29, 1.82) is 0 Å². The lowest BCUT2D eigenvalue weighted by Gasteiger charge is -2.24. The van der Waals surface area contributed by atoms with E-state index in [-0.39, 0.29) is 23.4 Å². The second-order valence-electron chi connectivity index (χ2n) is 7.78. The summed E-state index contributed by atoms with van der Waals surface area (Å²) in [6.45, 7) is 2.73. The van der Waals surface area contributed by atoms with Crippen LogP contribution in [0, 0.1) is 5.82 Å². The zero-order chi connectivity index (χ0) is 23.4. The summed E-state index contributed by atoms with van der Waals surface area (Å²) in [7, 11) is 0. The van der Waals surface area contributed by atoms with Crippen LogP contribution in [0.3, 0.4) is 0 Å². The Morgan fingerprint density at radius 1 is 1.09 bits per heavy atom. The van der Waals surface area contributed by atoms with E-state index in [0.717, 1.165) is 12.8 Å². The molecular formula is C26H24FNO5. The number of nitrogens with zero attached hydrogens (tertiary/aromatic N) is 1. The minimum Gasteiger partial charge on any atom is -0.507 e. The van der Waals surface area contributed by atoms with Crippen LogP contribution < -0.4 is 4.74 Å². The summed E-state index contributed by atoms with van der Waals surface area (Å²) in [4.78, 5) is 27.3. The molecule has 0 aliphatic carbocycles. The van der Waals surface area contributed by atoms with Gasteiger partial charge in [-0.3, -0.25) is 9.59 Å². The first kappa shape index (κ1) is 22.3. The number of carbonyl (C=O) groups is 2. The first-order chi connectivity index (χ1) is 16.0. The summed E-state index contributed by atoms with van der Waals surface area (Å²) in [6, 6.07) is 14.8. The summed E-state index contributed by atoms with van der Waals surface area (Å²) in [5.74, 6) is -1.21. The quantitative estimate of drug-likeness (QED) is 0.221. The van der Waals surface area contributed by atoms with Crippen LogP contribution in [0.2, 0.25) is 0 Å². The number of hydrogen-bond acceptors (Lipinski definition) is 5. The van der Waals surface area contributed by atoms with Gasteiger partial charge in [0, 0.05) is 5.56 Å². The highest BCUT2D eigenvalue weighted by Crippen LogP contribution is 2.40. The van der Waals surface area contributed by atoms with Crippen molar-refractivity contribution in [3.8, 4) is 5.75 Å². The molecule has 170 valence electrons. The largest absolute Gasteiger partial charge is 0.507 e. The maximum Gasteiger partial charge on any atom is 0.296 e. The maximum absolute atomic E-state index is 13.4. The van der Waals surface area contributed by atoms with Gasteiger partial charge in [-0.1, -0.05) is 25.5 Å². The van der Waals surface area contributed by atoms with Gasteiger partial charge in [-0.25, -0.2) is 4.39 Å². The number of amides is 1. The summed E-state index contributed by atoms with van der Waals surface area (Å²) in [5, 5.41) is 11.0. The van der Waals surface area contributed by atoms with Crippen LogP contribution in [0.5, 0.6) is 5.75 Å². The molecule has 1 atom stereocenters. The van der Waals surface area contributed by atoms with E-state index in [0.29, 0.717) is 23.7 Å². The number of aliphatic hydroxyl groups is 1. The van der Waals surface area contributed by atoms with E-state index in [1.165, 1.54) is 35.4 Å². The van der Waals surface area contributed by atoms with E-state index in [9.17, 15) is 19.1 Å². The normalized spacial score (nSPS) is 17.5. The van der Waals surface area contributed by atoms with Crippen LogP contribution in [-0.4, -0.2) is 28.3 Å². The van der Waals surface area contributed by atoms with Crippen LogP contribution >= 0.6 is 0 Å². The molecule has 1 saturated heterocycles. The molecule has 1 aromatic heterocycles. The molecule has 3 aromatic rings. The molecule has 4 rings (SSSR count). The third-order valence-corrected chi connectivity index (χ3v) is 5.53. The molecule has 2 heterocycles. The van der Waals surface area contributed by atoms with Gasteiger partial charge in [0.15, 0.2) is 0 Å². The molecule has 1 amide bonds. The fraction of sp³-hybridized carbons (Fsp3) is 0.231. The zero-order valence-electron chi connectivity index (χ0n) is 18.2. The van der Waals surface area contributed by atoms with Crippen molar-refractivity contribution < 1.29 is 28.2 Å². The lowest BCUT2D eigenvalue weighted by molar-refractivity contribution is -0.140. The third kappa shape index (κ3) is 4.67. The molecule has 0 bridgehead atoms. The molecule has 33 heavy (non-hydrogen) atoms. The van der Waals surface area contributed by atoms with Crippen molar-refractivity contribution in [2.24, 2.45) is 0 Å². The van der Waals surface area contributed by atoms with Gasteiger partial charge in [-0.05, 0) is 60.5 Å². The number of Topliss-reactive ketones (excluding diaryl/α,β-unsaturated/α-hetero) is 1. The van der Waals surface area contributed by atoms with E-state index >= 15 is 0 Å². The average molecular weight is 449 g/mol. The lowest BCUT2D eigenvalue weighted by Crippen LogP contribution is -2.29. The number of aliphatic hydroxyl groups excluding tert-OH is 1. The Morgan fingerprint density at radius 2 is 1.82 bits per heavy atom. The number of halogens is 1. The Labute approximate surface area is 190 Å². The van der Waals surface area contributed by atoms with Gasteiger partial charge in [0.1, 0.15) is 23.1 Å². The fourth-order valence-corrected chi connectivity index (χ4v) is 3.80. The number of likely N-dealkylation sites (tertiary alicyclic amines) is 1. The van der Waals surface area contributed by atoms with Crippen molar-refractivity contribution in [2.75, 3.05) is 6.61 Å². The molecule has 2 aromatic carbocycles. The molecule has 1 N–H and O–H groups in total. The molecule has 0 spiro atoms. The average Bonchev–Trinajstić information content (AvgIpc) is 3.42. The van der Waals surface area contributed by atoms with Gasteiger partial charge in [-0.2, -0.15) is 0 Å². The van der Waals surface area contributed by atoms with Crippen LogP contribution in [0.1, 0.15) is 42.7 Å². The van der Waals surface area contributed by atoms with E-state index in [1.54, 1.807) is 36.4 Å². The number of ether oxygens (including phenoxy) is 1. The molecule has 1 unspecified atom stereocenters. The Kier molecular flexibility index (Phi) is 6.58. The van der Waals surface area contributed by atoms with E-state index < -0.39 is 23.5 Å². The van der Waals surface area contributed by atoms with Gasteiger partial charge in [0.05, 0.1) is 31.0 Å². The molecule has 1 aliphatic rings. The number of furan rings is 1. The Morgan fingerprint density at radius 3 is 2.45 bits per heavy atom. The minimum atomic E-state index is -0.843. The number of ketones is 1. The summed E-state index contributed by atoms with van der Waals surface area (Å²) < 4.78 is 24.5. The third-order valence-electron chi connectivity index (χ3n) is 5.53. The SMILES string of the molecule is CCCCOc1ccc(C2/C(=C(\O)c3ccc(F)cc3)C(=O)C(=O)N2Cc2ccco2)cc1. The van der Waals surface area contributed by atoms with Gasteiger partial charge >= 0.3 is 0 Å². The molecule has 1 aliphatic heterocycles. The van der Waals surface area contributed by atoms with Crippen LogP contribution in [0.15, 0.2) is 76.9 Å². The molecule has 6 nitrogen and oxygen atoms in total. The van der Waals surface area contributed by atoms with Crippen molar-refractivity contribution in [1.82, 2.24) is 4.90 Å². The maximum atomic E-state index is 13.4. The van der Waals surface area contributed by atoms with Gasteiger partial charge in [0.2, 0.25) is 0 Å². The number of carbonyl (C=O) groups excluding carboxylic acids is 2. The van der Waals surface area contributed by atoms with Gasteiger partial charge in [-0.15, -0.1) is 0 Å². The topological polar surface area (TPSA) is 80.0 Å². The minimum absolute atomic E-state index is 0.0528. The van der Waals surface area contributed by atoms with E-state index in [4.69, 9.17) is 9.15 Å². The molecule has 1 fully saturated rings. The zero-order valence-corrected chi connectivity index (χ0v) is 18.2. The highest BCUT2D eigenvalue weighted by atomic mass is 19.1. The van der Waals surface area contributed by atoms with Crippen molar-refractivity contribution in [3.05, 3.63) is 95.2 Å². The predicted octanol–water partition coefficient (Wildman–Crippen LogP) is 5.22. The van der Waals surface area contributed by atoms with Crippen molar-refractivity contribution in [2.45, 2.75) is 32.4 Å². The first-order valence-corrected chi connectivity index (χ1v) is 10.8. The predicted molar refractivity (Wildman–Crippen MR) is 120 cm³/mol. The molecule has 7 heteroatoms. The number of rotatable bonds is 8. The highest BCUT2D eigenvalue weighted by Gasteiger charge is 2.46. The van der Waals surface area contributed by atoms with Gasteiger partial charge in [0.25, 0.3) is 11.7 Å². The van der Waals surface area contributed by atoms with E-state index in [2.05, 4.69) is 6.92 Å². The Balaban J connectivity index is 1.75. The number of hydrogen-bond donors (Lipinski definition) is 1. The van der Waals surface area contributed by atoms with Gasteiger partial charge < -0.3 is 19.2 Å². The Bertz CT molecular complexity index is 1150. The second-order valence-corrected chi connectivity index (χ2v) is 7.78.